The van der Waals surface area contributed by atoms with E-state index in [1.54, 1.807) is 12.1 Å². The first kappa shape index (κ1) is 21.2. The summed E-state index contributed by atoms with van der Waals surface area (Å²) in [5.74, 6) is -0.260. The van der Waals surface area contributed by atoms with E-state index in [0.29, 0.717) is 21.0 Å². The summed E-state index contributed by atoms with van der Waals surface area (Å²) in [7, 11) is 0. The predicted octanol–water partition coefficient (Wildman–Crippen LogP) is 6.42. The largest absolute Gasteiger partial charge is 0.481 e. The van der Waals surface area contributed by atoms with Crippen molar-refractivity contribution in [3.63, 3.8) is 0 Å². The van der Waals surface area contributed by atoms with E-state index in [-0.39, 0.29) is 5.75 Å². The van der Waals surface area contributed by atoms with Crippen molar-refractivity contribution >= 4 is 63.3 Å². The van der Waals surface area contributed by atoms with Gasteiger partial charge >= 0.3 is 5.97 Å². The Bertz CT molecular complexity index is 1000. The van der Waals surface area contributed by atoms with Crippen molar-refractivity contribution in [2.24, 2.45) is 9.98 Å². The number of nitrogens with zero attached hydrogens (tertiary/aromatic N) is 3. The molecule has 2 aromatic rings. The monoisotopic (exact) mass is 461 g/mol. The molecule has 1 aliphatic heterocycles. The highest BCUT2D eigenvalue weighted by Crippen LogP contribution is 2.46. The molecule has 0 atom stereocenters. The van der Waals surface area contributed by atoms with Gasteiger partial charge in [0.2, 0.25) is 0 Å². The molecule has 1 aliphatic carbocycles. The predicted molar refractivity (Wildman–Crippen MR) is 126 cm³/mol. The molecule has 5 nitrogen and oxygen atoms in total. The number of hydrogen-bond acceptors (Lipinski definition) is 4. The molecule has 4 rings (SSSR count). The van der Waals surface area contributed by atoms with Gasteiger partial charge in [-0.2, -0.15) is 0 Å². The summed E-state index contributed by atoms with van der Waals surface area (Å²) in [6.45, 7) is 0. The van der Waals surface area contributed by atoms with Crippen LogP contribution >= 0.6 is 35.0 Å². The SMILES string of the molecule is O=C(O)CSC1=NC(=Nc2ccc(Cl)cc2)C2(CCCCC2)N1c1ccccc1Cl. The summed E-state index contributed by atoms with van der Waals surface area (Å²) in [6.07, 6.45) is 5.01. The van der Waals surface area contributed by atoms with E-state index in [1.807, 2.05) is 36.4 Å². The van der Waals surface area contributed by atoms with Crippen molar-refractivity contribution in [1.29, 1.82) is 0 Å². The average Bonchev–Trinajstić information content (AvgIpc) is 3.01. The van der Waals surface area contributed by atoms with E-state index in [4.69, 9.17) is 33.2 Å². The highest BCUT2D eigenvalue weighted by Gasteiger charge is 2.50. The van der Waals surface area contributed by atoms with Crippen LogP contribution in [0, 0.1) is 0 Å². The van der Waals surface area contributed by atoms with Gasteiger partial charge < -0.3 is 10.0 Å². The highest BCUT2D eigenvalue weighted by atomic mass is 35.5. The molecule has 8 heteroatoms. The Morgan fingerprint density at radius 1 is 1.10 bits per heavy atom. The van der Waals surface area contributed by atoms with Crippen molar-refractivity contribution in [3.8, 4) is 0 Å². The van der Waals surface area contributed by atoms with Crippen LogP contribution < -0.4 is 4.90 Å². The Balaban J connectivity index is 1.84. The van der Waals surface area contributed by atoms with Gasteiger partial charge in [-0.1, -0.05) is 66.4 Å². The zero-order valence-electron chi connectivity index (χ0n) is 16.2. The molecule has 1 spiro atoms. The minimum absolute atomic E-state index is 0.0793. The van der Waals surface area contributed by atoms with Crippen LogP contribution in [-0.2, 0) is 4.79 Å². The maximum Gasteiger partial charge on any atom is 0.313 e. The molecular weight excluding hydrogens is 441 g/mol. The molecule has 0 bridgehead atoms. The number of aliphatic imine (C=N–C) groups is 2. The molecule has 0 amide bonds. The van der Waals surface area contributed by atoms with Gasteiger partial charge in [0.05, 0.1) is 22.2 Å². The van der Waals surface area contributed by atoms with Gasteiger partial charge in [-0.15, -0.1) is 0 Å². The Labute approximate surface area is 189 Å². The van der Waals surface area contributed by atoms with E-state index in [0.717, 1.165) is 43.5 Å². The lowest BCUT2D eigenvalue weighted by Gasteiger charge is -2.42. The van der Waals surface area contributed by atoms with E-state index in [2.05, 4.69) is 4.90 Å². The van der Waals surface area contributed by atoms with Gasteiger partial charge in [-0.25, -0.2) is 9.98 Å². The number of para-hydroxylation sites is 1. The fourth-order valence-corrected chi connectivity index (χ4v) is 5.22. The molecule has 0 saturated heterocycles. The van der Waals surface area contributed by atoms with Gasteiger partial charge in [0.25, 0.3) is 0 Å². The Hall–Kier alpha value is -2.02. The molecule has 0 unspecified atom stereocenters. The van der Waals surface area contributed by atoms with Gasteiger partial charge in [0.1, 0.15) is 5.54 Å². The Morgan fingerprint density at radius 3 is 2.47 bits per heavy atom. The number of carbonyl (C=O) groups is 1. The number of amidine groups is 2. The average molecular weight is 462 g/mol. The third kappa shape index (κ3) is 4.22. The third-order valence-corrected chi connectivity index (χ3v) is 6.89. The summed E-state index contributed by atoms with van der Waals surface area (Å²) >= 11 is 13.8. The van der Waals surface area contributed by atoms with Crippen molar-refractivity contribution in [1.82, 2.24) is 0 Å². The van der Waals surface area contributed by atoms with Crippen LogP contribution in [-0.4, -0.2) is 33.4 Å². The molecule has 0 radical (unpaired) electrons. The molecule has 1 saturated carbocycles. The maximum absolute atomic E-state index is 11.3. The molecule has 1 fully saturated rings. The second kappa shape index (κ2) is 9.00. The van der Waals surface area contributed by atoms with E-state index >= 15 is 0 Å². The Kier molecular flexibility index (Phi) is 6.37. The third-order valence-electron chi connectivity index (χ3n) is 5.40. The van der Waals surface area contributed by atoms with Crippen LogP contribution in [0.1, 0.15) is 32.1 Å². The zero-order valence-corrected chi connectivity index (χ0v) is 18.6. The van der Waals surface area contributed by atoms with Crippen molar-refractivity contribution in [2.75, 3.05) is 10.7 Å². The van der Waals surface area contributed by atoms with Crippen LogP contribution in [0.15, 0.2) is 58.5 Å². The molecule has 2 aromatic carbocycles. The minimum atomic E-state index is -0.886. The minimum Gasteiger partial charge on any atom is -0.481 e. The van der Waals surface area contributed by atoms with Gasteiger partial charge in [0, 0.05) is 5.02 Å². The van der Waals surface area contributed by atoms with Crippen molar-refractivity contribution < 1.29 is 9.90 Å². The molecule has 30 heavy (non-hydrogen) atoms. The maximum atomic E-state index is 11.3. The first-order valence-electron chi connectivity index (χ1n) is 9.82. The molecule has 1 heterocycles. The number of hydrogen-bond donors (Lipinski definition) is 1. The number of thioether (sulfide) groups is 1. The van der Waals surface area contributed by atoms with Gasteiger partial charge in [-0.05, 0) is 49.2 Å². The zero-order chi connectivity index (χ0) is 21.1. The summed E-state index contributed by atoms with van der Waals surface area (Å²) in [6, 6.07) is 15.0. The van der Waals surface area contributed by atoms with Crippen LogP contribution in [0.4, 0.5) is 11.4 Å². The lowest BCUT2D eigenvalue weighted by Crippen LogP contribution is -2.53. The lowest BCUT2D eigenvalue weighted by molar-refractivity contribution is -0.133. The number of aliphatic carboxylic acids is 1. The van der Waals surface area contributed by atoms with Crippen molar-refractivity contribution in [2.45, 2.75) is 37.6 Å². The summed E-state index contributed by atoms with van der Waals surface area (Å²) in [5, 5.41) is 11.1. The molecular formula is C22H21Cl2N3O2S. The van der Waals surface area contributed by atoms with E-state index in [1.165, 1.54) is 11.8 Å². The van der Waals surface area contributed by atoms with Crippen LogP contribution in [0.25, 0.3) is 0 Å². The van der Waals surface area contributed by atoms with Crippen LogP contribution in [0.5, 0.6) is 0 Å². The fourth-order valence-electron chi connectivity index (χ4n) is 4.07. The number of anilines is 1. The van der Waals surface area contributed by atoms with Crippen LogP contribution in [0.2, 0.25) is 10.0 Å². The lowest BCUT2D eigenvalue weighted by atomic mass is 9.79. The molecule has 2 aliphatic rings. The van der Waals surface area contributed by atoms with E-state index in [9.17, 15) is 9.90 Å². The molecule has 1 N–H and O–H groups in total. The summed E-state index contributed by atoms with van der Waals surface area (Å²) in [4.78, 5) is 23.1. The summed E-state index contributed by atoms with van der Waals surface area (Å²) < 4.78 is 0. The standard InChI is InChI=1S/C22H21Cl2N3O2S/c23-15-8-10-16(11-9-15)25-20-22(12-4-1-5-13-22)27(18-7-3-2-6-17(18)24)21(26-20)30-14-19(28)29/h2-3,6-11H,1,4-5,12-14H2,(H,28,29). The number of rotatable bonds is 4. The van der Waals surface area contributed by atoms with Gasteiger partial charge in [0.15, 0.2) is 11.0 Å². The topological polar surface area (TPSA) is 65.3 Å². The number of halogens is 2. The first-order chi connectivity index (χ1) is 14.5. The smallest absolute Gasteiger partial charge is 0.313 e. The normalized spacial score (nSPS) is 19.3. The number of benzene rings is 2. The highest BCUT2D eigenvalue weighted by molar-refractivity contribution is 8.14. The van der Waals surface area contributed by atoms with Gasteiger partial charge in [-0.3, -0.25) is 4.79 Å². The molecule has 156 valence electrons. The second-order valence-corrected chi connectivity index (χ2v) is 9.15. The summed E-state index contributed by atoms with van der Waals surface area (Å²) in [5.41, 5.74) is 1.16. The Morgan fingerprint density at radius 2 is 1.80 bits per heavy atom. The quantitative estimate of drug-likeness (QED) is 0.570. The fraction of sp³-hybridized carbons (Fsp3) is 0.318. The van der Waals surface area contributed by atoms with E-state index < -0.39 is 11.5 Å². The number of carboxylic acid groups (broad SMARTS) is 1. The van der Waals surface area contributed by atoms with Crippen LogP contribution in [0.3, 0.4) is 0 Å². The van der Waals surface area contributed by atoms with Crippen molar-refractivity contribution in [3.05, 3.63) is 58.6 Å². The first-order valence-corrected chi connectivity index (χ1v) is 11.6. The molecule has 0 aromatic heterocycles. The number of carboxylic acids is 1. The second-order valence-electron chi connectivity index (χ2n) is 7.37.